The maximum Gasteiger partial charge on any atom is 0.324 e. The van der Waals surface area contributed by atoms with Crippen LogP contribution in [-0.2, 0) is 0 Å². The third kappa shape index (κ3) is 3.36. The quantitative estimate of drug-likeness (QED) is 0.904. The number of nitrogens with one attached hydrogen (secondary N) is 1. The van der Waals surface area contributed by atoms with E-state index < -0.39 is 0 Å². The molecular formula is C14H15BrN4O2. The first-order chi connectivity index (χ1) is 10.2. The van der Waals surface area contributed by atoms with Crippen LogP contribution >= 0.6 is 15.9 Å². The highest BCUT2D eigenvalue weighted by Gasteiger charge is 2.22. The Morgan fingerprint density at radius 3 is 2.62 bits per heavy atom. The predicted octanol–water partition coefficient (Wildman–Crippen LogP) is 2.79. The van der Waals surface area contributed by atoms with Crippen molar-refractivity contribution >= 4 is 33.7 Å². The molecule has 2 amide bonds. The smallest absolute Gasteiger partial charge is 0.324 e. The van der Waals surface area contributed by atoms with Crippen LogP contribution in [-0.4, -0.2) is 42.1 Å². The van der Waals surface area contributed by atoms with Crippen molar-refractivity contribution in [1.29, 1.82) is 0 Å². The number of carbonyl (C=O) groups is 1. The van der Waals surface area contributed by atoms with Gasteiger partial charge in [0, 0.05) is 38.4 Å². The minimum absolute atomic E-state index is 0.141. The summed E-state index contributed by atoms with van der Waals surface area (Å²) in [6.45, 7) is 2.85. The monoisotopic (exact) mass is 350 g/mol. The highest BCUT2D eigenvalue weighted by molar-refractivity contribution is 9.10. The number of piperazine rings is 1. The van der Waals surface area contributed by atoms with Gasteiger partial charge in [0.05, 0.1) is 0 Å². The summed E-state index contributed by atoms with van der Waals surface area (Å²) in [6.07, 6.45) is 1.78. The number of amides is 2. The Morgan fingerprint density at radius 2 is 2.00 bits per heavy atom. The zero-order valence-corrected chi connectivity index (χ0v) is 12.9. The van der Waals surface area contributed by atoms with Crippen molar-refractivity contribution in [3.63, 3.8) is 0 Å². The molecule has 1 N–H and O–H groups in total. The number of hydrogen-bond donors (Lipinski definition) is 1. The van der Waals surface area contributed by atoms with Crippen LogP contribution in [0.5, 0.6) is 0 Å². The molecule has 0 spiro atoms. The molecule has 2 aromatic heterocycles. The number of carbonyl (C=O) groups excluding carboxylic acids is 1. The molecule has 0 unspecified atom stereocenters. The van der Waals surface area contributed by atoms with Crippen molar-refractivity contribution in [3.05, 3.63) is 41.2 Å². The SMILES string of the molecule is O=C(Nc1ccc(Br)o1)N1CCN(c2ccccn2)CC1. The van der Waals surface area contributed by atoms with E-state index in [2.05, 4.69) is 31.1 Å². The molecule has 0 radical (unpaired) electrons. The fraction of sp³-hybridized carbons (Fsp3) is 0.286. The minimum Gasteiger partial charge on any atom is -0.434 e. The number of aromatic nitrogens is 1. The van der Waals surface area contributed by atoms with E-state index in [0.29, 0.717) is 23.6 Å². The van der Waals surface area contributed by atoms with Gasteiger partial charge in [-0.25, -0.2) is 9.78 Å². The fourth-order valence-electron chi connectivity index (χ4n) is 2.25. The predicted molar refractivity (Wildman–Crippen MR) is 83.4 cm³/mol. The van der Waals surface area contributed by atoms with Crippen LogP contribution < -0.4 is 10.2 Å². The first-order valence-corrected chi connectivity index (χ1v) is 7.49. The lowest BCUT2D eigenvalue weighted by atomic mass is 10.3. The van der Waals surface area contributed by atoms with Crippen LogP contribution in [0.2, 0.25) is 0 Å². The van der Waals surface area contributed by atoms with Gasteiger partial charge in [0.2, 0.25) is 5.88 Å². The zero-order chi connectivity index (χ0) is 14.7. The second-order valence-corrected chi connectivity index (χ2v) is 5.48. The molecule has 0 aromatic carbocycles. The van der Waals surface area contributed by atoms with E-state index in [1.807, 2.05) is 18.2 Å². The molecule has 6 nitrogen and oxygen atoms in total. The van der Waals surface area contributed by atoms with Crippen molar-refractivity contribution in [1.82, 2.24) is 9.88 Å². The first-order valence-electron chi connectivity index (χ1n) is 6.69. The van der Waals surface area contributed by atoms with E-state index in [1.165, 1.54) is 0 Å². The molecule has 1 fully saturated rings. The molecule has 3 heterocycles. The van der Waals surface area contributed by atoms with Gasteiger partial charge in [0.15, 0.2) is 4.67 Å². The van der Waals surface area contributed by atoms with Gasteiger partial charge in [-0.2, -0.15) is 0 Å². The molecule has 0 bridgehead atoms. The van der Waals surface area contributed by atoms with Gasteiger partial charge in [-0.15, -0.1) is 0 Å². The molecule has 1 saturated heterocycles. The van der Waals surface area contributed by atoms with Crippen molar-refractivity contribution in [3.8, 4) is 0 Å². The maximum atomic E-state index is 12.1. The topological polar surface area (TPSA) is 61.6 Å². The van der Waals surface area contributed by atoms with Gasteiger partial charge in [-0.3, -0.25) is 5.32 Å². The lowest BCUT2D eigenvalue weighted by Crippen LogP contribution is -2.50. The van der Waals surface area contributed by atoms with Crippen molar-refractivity contribution < 1.29 is 9.21 Å². The second-order valence-electron chi connectivity index (χ2n) is 4.70. The Bertz CT molecular complexity index is 608. The maximum absolute atomic E-state index is 12.1. The number of urea groups is 1. The molecule has 1 aliphatic heterocycles. The van der Waals surface area contributed by atoms with Crippen LogP contribution in [0.15, 0.2) is 45.6 Å². The Hall–Kier alpha value is -2.02. The molecule has 2 aromatic rings. The molecule has 21 heavy (non-hydrogen) atoms. The largest absolute Gasteiger partial charge is 0.434 e. The molecule has 7 heteroatoms. The number of anilines is 2. The lowest BCUT2D eigenvalue weighted by Gasteiger charge is -2.35. The highest BCUT2D eigenvalue weighted by atomic mass is 79.9. The fourth-order valence-corrected chi connectivity index (χ4v) is 2.55. The molecular weight excluding hydrogens is 336 g/mol. The van der Waals surface area contributed by atoms with Crippen molar-refractivity contribution in [2.45, 2.75) is 0 Å². The summed E-state index contributed by atoms with van der Waals surface area (Å²) in [5.74, 6) is 1.39. The van der Waals surface area contributed by atoms with Gasteiger partial charge in [0.25, 0.3) is 0 Å². The summed E-state index contributed by atoms with van der Waals surface area (Å²) in [6, 6.07) is 9.17. The summed E-state index contributed by atoms with van der Waals surface area (Å²) < 4.78 is 5.87. The van der Waals surface area contributed by atoms with Crippen molar-refractivity contribution in [2.75, 3.05) is 36.4 Å². The van der Waals surface area contributed by atoms with Crippen LogP contribution in [0.3, 0.4) is 0 Å². The molecule has 0 atom stereocenters. The average molecular weight is 351 g/mol. The van der Waals surface area contributed by atoms with Gasteiger partial charge in [-0.05, 0) is 34.1 Å². The molecule has 1 aliphatic rings. The Labute approximate surface area is 130 Å². The summed E-state index contributed by atoms with van der Waals surface area (Å²) in [4.78, 5) is 20.4. The van der Waals surface area contributed by atoms with Crippen LogP contribution in [0.25, 0.3) is 0 Å². The summed E-state index contributed by atoms with van der Waals surface area (Å²) in [5, 5.41) is 2.74. The zero-order valence-electron chi connectivity index (χ0n) is 11.3. The number of hydrogen-bond acceptors (Lipinski definition) is 4. The second kappa shape index (κ2) is 6.17. The van der Waals surface area contributed by atoms with Crippen LogP contribution in [0, 0.1) is 0 Å². The molecule has 110 valence electrons. The summed E-state index contributed by atoms with van der Waals surface area (Å²) in [7, 11) is 0. The van der Waals surface area contributed by atoms with E-state index in [-0.39, 0.29) is 6.03 Å². The van der Waals surface area contributed by atoms with E-state index >= 15 is 0 Å². The Morgan fingerprint density at radius 1 is 1.19 bits per heavy atom. The normalized spacial score (nSPS) is 15.1. The number of halogens is 1. The lowest BCUT2D eigenvalue weighted by molar-refractivity contribution is 0.207. The number of rotatable bonds is 2. The van der Waals surface area contributed by atoms with Gasteiger partial charge in [0.1, 0.15) is 5.82 Å². The molecule has 0 saturated carbocycles. The molecule has 0 aliphatic carbocycles. The van der Waals surface area contributed by atoms with E-state index in [4.69, 9.17) is 4.42 Å². The van der Waals surface area contributed by atoms with Gasteiger partial charge in [-0.1, -0.05) is 6.07 Å². The highest BCUT2D eigenvalue weighted by Crippen LogP contribution is 2.19. The van der Waals surface area contributed by atoms with E-state index in [0.717, 1.165) is 18.9 Å². The van der Waals surface area contributed by atoms with E-state index in [9.17, 15) is 4.79 Å². The average Bonchev–Trinajstić information content (AvgIpc) is 2.93. The third-order valence-corrected chi connectivity index (χ3v) is 3.77. The van der Waals surface area contributed by atoms with Gasteiger partial charge < -0.3 is 14.2 Å². The van der Waals surface area contributed by atoms with Crippen molar-refractivity contribution in [2.24, 2.45) is 0 Å². The number of furan rings is 1. The van der Waals surface area contributed by atoms with Gasteiger partial charge >= 0.3 is 6.03 Å². The van der Waals surface area contributed by atoms with E-state index in [1.54, 1.807) is 23.2 Å². The number of nitrogens with zero attached hydrogens (tertiary/aromatic N) is 3. The third-order valence-electron chi connectivity index (χ3n) is 3.34. The number of pyridine rings is 1. The molecule has 3 rings (SSSR count). The van der Waals surface area contributed by atoms with Crippen LogP contribution in [0.4, 0.5) is 16.5 Å². The minimum atomic E-state index is -0.141. The summed E-state index contributed by atoms with van der Waals surface area (Å²) in [5.41, 5.74) is 0. The first kappa shape index (κ1) is 13.9. The Balaban J connectivity index is 1.54. The Kier molecular flexibility index (Phi) is 4.10. The van der Waals surface area contributed by atoms with Crippen LogP contribution in [0.1, 0.15) is 0 Å². The summed E-state index contributed by atoms with van der Waals surface area (Å²) >= 11 is 3.21. The standard InChI is InChI=1S/C14H15BrN4O2/c15-11-4-5-13(21-11)17-14(20)19-9-7-18(8-10-19)12-3-1-2-6-16-12/h1-6H,7-10H2,(H,17,20).